The van der Waals surface area contributed by atoms with Crippen LogP contribution in [-0.2, 0) is 0 Å². The number of hydrogen-bond acceptors (Lipinski definition) is 5. The van der Waals surface area contributed by atoms with E-state index in [0.717, 1.165) is 100 Å². The van der Waals surface area contributed by atoms with Gasteiger partial charge >= 0.3 is 0 Å². The Morgan fingerprint density at radius 3 is 1.61 bits per heavy atom. The van der Waals surface area contributed by atoms with Gasteiger partial charge in [-0.1, -0.05) is 136 Å². The van der Waals surface area contributed by atoms with E-state index in [4.69, 9.17) is 0 Å². The summed E-state index contributed by atoms with van der Waals surface area (Å²) >= 11 is 3.66. The van der Waals surface area contributed by atoms with Gasteiger partial charge in [-0.3, -0.25) is 0 Å². The molecule has 4 nitrogen and oxygen atoms in total. The minimum Gasteiger partial charge on any atom is -0.505 e. The first-order valence-corrected chi connectivity index (χ1v) is 23.3. The van der Waals surface area contributed by atoms with Gasteiger partial charge in [-0.2, -0.15) is 0 Å². The van der Waals surface area contributed by atoms with E-state index in [1.165, 1.54) is 10.8 Å². The van der Waals surface area contributed by atoms with Gasteiger partial charge in [0.15, 0.2) is 0 Å². The molecule has 0 spiro atoms. The van der Waals surface area contributed by atoms with Crippen LogP contribution in [0.5, 0.6) is 11.5 Å². The monoisotopic (exact) mass is 848 g/mol. The Labute approximate surface area is 374 Å². The van der Waals surface area contributed by atoms with Gasteiger partial charge in [-0.15, -0.1) is 23.5 Å². The summed E-state index contributed by atoms with van der Waals surface area (Å²) in [5.74, 6) is 2.38. The molecule has 0 saturated carbocycles. The van der Waals surface area contributed by atoms with Crippen LogP contribution in [0.3, 0.4) is 0 Å². The first-order valence-electron chi connectivity index (χ1n) is 21.4. The number of phenolic OH excluding ortho intramolecular Hbond substituents is 2. The molecular formula is C56H52N2O2S2. The normalized spacial score (nSPS) is 13.5. The average molecular weight is 849 g/mol. The maximum Gasteiger partial charge on any atom is 0.147 e. The van der Waals surface area contributed by atoms with Crippen molar-refractivity contribution in [2.45, 2.75) is 43.9 Å². The van der Waals surface area contributed by atoms with E-state index in [1.54, 1.807) is 0 Å². The SMILES string of the molecule is C=C1/C=C\C=C/CN(c2cc(C)cc(-c3ccccc3SCCCSc3ccccc3-c3cc(C)cc(-n4c5ccccc5c5ccccc54)c3O)c2O)c2ccccc21.CC. The topological polar surface area (TPSA) is 48.6 Å². The zero-order valence-corrected chi connectivity index (χ0v) is 37.4. The molecule has 0 aliphatic carbocycles. The molecule has 0 fully saturated rings. The molecule has 0 amide bonds. The number of aromatic hydroxyl groups is 2. The maximum absolute atomic E-state index is 12.1. The molecule has 62 heavy (non-hydrogen) atoms. The van der Waals surface area contributed by atoms with Crippen LogP contribution in [0.15, 0.2) is 186 Å². The highest BCUT2D eigenvalue weighted by Gasteiger charge is 2.22. The minimum absolute atomic E-state index is 0.266. The van der Waals surface area contributed by atoms with Crippen LogP contribution in [0, 0.1) is 13.8 Å². The summed E-state index contributed by atoms with van der Waals surface area (Å²) in [7, 11) is 0. The fraction of sp³-hybridized carbons (Fsp3) is 0.143. The average Bonchev–Trinajstić information content (AvgIpc) is 3.67. The first kappa shape index (κ1) is 42.4. The molecule has 1 aliphatic rings. The van der Waals surface area contributed by atoms with Crippen molar-refractivity contribution in [3.05, 3.63) is 193 Å². The van der Waals surface area contributed by atoms with Gasteiger partial charge < -0.3 is 19.7 Å². The fourth-order valence-corrected chi connectivity index (χ4v) is 10.6. The number of hydrogen-bond donors (Lipinski definition) is 2. The summed E-state index contributed by atoms with van der Waals surface area (Å²) in [6.45, 7) is 13.1. The van der Waals surface area contributed by atoms with Crippen LogP contribution < -0.4 is 4.90 Å². The molecule has 8 aromatic rings. The van der Waals surface area contributed by atoms with Crippen molar-refractivity contribution >= 4 is 62.3 Å². The van der Waals surface area contributed by atoms with Crippen LogP contribution in [0.4, 0.5) is 11.4 Å². The molecule has 1 aliphatic heterocycles. The Hall–Kier alpha value is -6.34. The molecule has 0 saturated heterocycles. The van der Waals surface area contributed by atoms with Crippen molar-refractivity contribution in [2.75, 3.05) is 23.0 Å². The van der Waals surface area contributed by atoms with Crippen molar-refractivity contribution in [1.82, 2.24) is 4.57 Å². The highest BCUT2D eigenvalue weighted by atomic mass is 32.2. The summed E-state index contributed by atoms with van der Waals surface area (Å²) in [5.41, 5.74) is 12.6. The van der Waals surface area contributed by atoms with Crippen molar-refractivity contribution in [1.29, 1.82) is 0 Å². The van der Waals surface area contributed by atoms with Crippen LogP contribution in [0.25, 0.3) is 55.3 Å². The van der Waals surface area contributed by atoms with Gasteiger partial charge in [-0.25, -0.2) is 0 Å². The zero-order chi connectivity index (χ0) is 43.2. The lowest BCUT2D eigenvalue weighted by Crippen LogP contribution is -2.18. The van der Waals surface area contributed by atoms with Gasteiger partial charge in [0.05, 0.1) is 22.4 Å². The third-order valence-electron chi connectivity index (χ3n) is 11.1. The van der Waals surface area contributed by atoms with Crippen molar-refractivity contribution in [3.8, 4) is 39.4 Å². The van der Waals surface area contributed by atoms with Crippen LogP contribution in [0.2, 0.25) is 0 Å². The third kappa shape index (κ3) is 8.46. The summed E-state index contributed by atoms with van der Waals surface area (Å²) in [6, 6.07) is 50.3. The summed E-state index contributed by atoms with van der Waals surface area (Å²) in [4.78, 5) is 4.46. The largest absolute Gasteiger partial charge is 0.505 e. The molecule has 2 heterocycles. The highest BCUT2D eigenvalue weighted by molar-refractivity contribution is 8.00. The van der Waals surface area contributed by atoms with E-state index in [2.05, 4.69) is 169 Å². The molecule has 2 N–H and O–H groups in total. The van der Waals surface area contributed by atoms with E-state index in [1.807, 2.05) is 67.7 Å². The molecule has 0 bridgehead atoms. The molecule has 0 unspecified atom stereocenters. The quantitative estimate of drug-likeness (QED) is 0.106. The zero-order valence-electron chi connectivity index (χ0n) is 35.8. The molecular weight excluding hydrogens is 797 g/mol. The minimum atomic E-state index is 0.266. The number of benzene rings is 7. The van der Waals surface area contributed by atoms with Gasteiger partial charge in [0.25, 0.3) is 0 Å². The Morgan fingerprint density at radius 2 is 1.02 bits per heavy atom. The molecule has 7 aromatic carbocycles. The molecule has 310 valence electrons. The van der Waals surface area contributed by atoms with Crippen LogP contribution in [0.1, 0.15) is 37.0 Å². The molecule has 0 radical (unpaired) electrons. The highest BCUT2D eigenvalue weighted by Crippen LogP contribution is 2.47. The van der Waals surface area contributed by atoms with Crippen molar-refractivity contribution in [3.63, 3.8) is 0 Å². The first-order chi connectivity index (χ1) is 30.4. The Balaban J connectivity index is 0.00000261. The second-order valence-corrected chi connectivity index (χ2v) is 17.5. The van der Waals surface area contributed by atoms with Gasteiger partial charge in [0.1, 0.15) is 11.5 Å². The van der Waals surface area contributed by atoms with Gasteiger partial charge in [0.2, 0.25) is 0 Å². The number of rotatable bonds is 10. The van der Waals surface area contributed by atoms with Crippen molar-refractivity contribution < 1.29 is 10.2 Å². The smallest absolute Gasteiger partial charge is 0.147 e. The predicted molar refractivity (Wildman–Crippen MR) is 269 cm³/mol. The van der Waals surface area contributed by atoms with Crippen LogP contribution in [-0.4, -0.2) is 32.8 Å². The Kier molecular flexibility index (Phi) is 13.1. The van der Waals surface area contributed by atoms with E-state index in [-0.39, 0.29) is 11.5 Å². The number of fused-ring (bicyclic) bond motifs is 4. The lowest BCUT2D eigenvalue weighted by atomic mass is 9.99. The lowest BCUT2D eigenvalue weighted by Gasteiger charge is -2.28. The second-order valence-electron chi connectivity index (χ2n) is 15.2. The summed E-state index contributed by atoms with van der Waals surface area (Å²) in [5, 5.41) is 26.5. The standard InChI is InChI=1S/C54H46N2O2S2.C2H6/c1-36-32-44(53(57)49(34-36)55-29-16-4-5-18-38(3)39-19-6-11-24-46(39)55)42-22-9-14-27-51(42)59-30-17-31-60-52-28-15-10-23-43(52)45-33-37(2)35-50(54(45)58)56-47-25-12-7-20-40(47)41-21-8-13-26-48(41)56;1-2/h4-16,18-28,32-35,57-58H,3,17,29-31H2,1-2H3;1-2H3/b16-4-,18-5-;. The third-order valence-corrected chi connectivity index (χ3v) is 13.4. The van der Waals surface area contributed by atoms with E-state index in [9.17, 15) is 10.2 Å². The maximum atomic E-state index is 12.1. The summed E-state index contributed by atoms with van der Waals surface area (Å²) in [6.07, 6.45) is 9.18. The Bertz CT molecular complexity index is 2920. The fourth-order valence-electron chi connectivity index (χ4n) is 8.35. The number of nitrogens with zero attached hydrogens (tertiary/aromatic N) is 2. The molecule has 0 atom stereocenters. The van der Waals surface area contributed by atoms with E-state index >= 15 is 0 Å². The molecule has 1 aromatic heterocycles. The number of aryl methyl sites for hydroxylation is 2. The number of phenols is 2. The van der Waals surface area contributed by atoms with E-state index < -0.39 is 0 Å². The van der Waals surface area contributed by atoms with Gasteiger partial charge in [0, 0.05) is 49.5 Å². The predicted octanol–water partition coefficient (Wildman–Crippen LogP) is 15.7. The number of thioether (sulfide) groups is 2. The molecule has 6 heteroatoms. The summed E-state index contributed by atoms with van der Waals surface area (Å²) < 4.78 is 2.20. The Morgan fingerprint density at radius 1 is 0.532 bits per heavy atom. The molecule has 9 rings (SSSR count). The number of allylic oxidation sites excluding steroid dienone is 4. The van der Waals surface area contributed by atoms with Crippen molar-refractivity contribution in [2.24, 2.45) is 0 Å². The number of aromatic nitrogens is 1. The number of anilines is 2. The van der Waals surface area contributed by atoms with Gasteiger partial charge in [-0.05, 0) is 114 Å². The number of para-hydroxylation sites is 3. The van der Waals surface area contributed by atoms with E-state index in [0.29, 0.717) is 6.54 Å². The van der Waals surface area contributed by atoms with Crippen LogP contribution >= 0.6 is 23.5 Å². The second kappa shape index (κ2) is 19.1. The lowest BCUT2D eigenvalue weighted by molar-refractivity contribution is 0.475.